The summed E-state index contributed by atoms with van der Waals surface area (Å²) < 4.78 is 22.1. The summed E-state index contributed by atoms with van der Waals surface area (Å²) in [6, 6.07) is 6.49. The molecule has 2 heterocycles. The summed E-state index contributed by atoms with van der Waals surface area (Å²) in [6.07, 6.45) is 4.50. The largest absolute Gasteiger partial charge is 0.474 e. The molecule has 0 aliphatic heterocycles. The van der Waals surface area contributed by atoms with E-state index in [1.165, 1.54) is 34.9 Å². The summed E-state index contributed by atoms with van der Waals surface area (Å²) in [5, 5.41) is 19.8. The van der Waals surface area contributed by atoms with Crippen LogP contribution >= 0.6 is 12.2 Å². The van der Waals surface area contributed by atoms with Crippen LogP contribution in [0.3, 0.4) is 0 Å². The van der Waals surface area contributed by atoms with E-state index >= 15 is 0 Å². The number of methoxy groups -OCH3 is 1. The Morgan fingerprint density at radius 2 is 2.28 bits per heavy atom. The van der Waals surface area contributed by atoms with Crippen molar-refractivity contribution in [2.24, 2.45) is 0 Å². The third-order valence-corrected chi connectivity index (χ3v) is 3.62. The summed E-state index contributed by atoms with van der Waals surface area (Å²) in [7, 11) is 1.47. The third kappa shape index (κ3) is 3.61. The number of halogens is 1. The van der Waals surface area contributed by atoms with E-state index < -0.39 is 5.82 Å². The van der Waals surface area contributed by atoms with Crippen molar-refractivity contribution in [3.05, 3.63) is 54.1 Å². The fourth-order valence-electron chi connectivity index (χ4n) is 2.10. The van der Waals surface area contributed by atoms with Crippen LogP contribution in [0.2, 0.25) is 0 Å². The van der Waals surface area contributed by atoms with Crippen molar-refractivity contribution in [3.63, 3.8) is 0 Å². The molecule has 3 aromatic rings. The molecule has 0 amide bonds. The average molecular weight is 357 g/mol. The Hall–Kier alpha value is -3.32. The monoisotopic (exact) mass is 357 g/mol. The highest BCUT2D eigenvalue weighted by atomic mass is 32.1. The number of hydrogen-bond acceptors (Lipinski definition) is 6. The normalized spacial score (nSPS) is 10.3. The lowest BCUT2D eigenvalue weighted by Crippen LogP contribution is -2.22. The number of aromatic nitrogens is 5. The Bertz CT molecular complexity index is 959. The maximum absolute atomic E-state index is 14.4. The van der Waals surface area contributed by atoms with Crippen LogP contribution in [0.4, 0.5) is 4.39 Å². The van der Waals surface area contributed by atoms with Gasteiger partial charge in [0.15, 0.2) is 5.69 Å². The fraction of sp³-hybridized carbons (Fsp3) is 0.133. The molecule has 0 unspecified atom stereocenters. The van der Waals surface area contributed by atoms with E-state index in [4.69, 9.17) is 22.2 Å². The second kappa shape index (κ2) is 7.06. The van der Waals surface area contributed by atoms with Gasteiger partial charge in [-0.15, -0.1) is 5.10 Å². The minimum Gasteiger partial charge on any atom is -0.474 e. The molecule has 1 N–H and O–H groups in total. The number of imidazole rings is 1. The number of benzene rings is 1. The number of rotatable bonds is 4. The molecule has 25 heavy (non-hydrogen) atoms. The summed E-state index contributed by atoms with van der Waals surface area (Å²) in [6.45, 7) is 0.346. The van der Waals surface area contributed by atoms with Crippen LogP contribution in [0.1, 0.15) is 11.4 Å². The van der Waals surface area contributed by atoms with E-state index in [9.17, 15) is 4.39 Å². The molecule has 0 aliphatic rings. The van der Waals surface area contributed by atoms with Crippen molar-refractivity contribution in [2.45, 2.75) is 6.54 Å². The second-order valence-electron chi connectivity index (χ2n) is 4.91. The Kier molecular flexibility index (Phi) is 4.67. The lowest BCUT2D eigenvalue weighted by molar-refractivity contribution is 0.392. The molecule has 126 valence electrons. The molecule has 3 rings (SSSR count). The molecule has 1 aromatic carbocycles. The Balaban J connectivity index is 1.80. The molecular weight excluding hydrogens is 345 g/mol. The van der Waals surface area contributed by atoms with E-state index in [-0.39, 0.29) is 16.6 Å². The number of ether oxygens (including phenoxy) is 1. The molecule has 0 saturated carbocycles. The van der Waals surface area contributed by atoms with Crippen LogP contribution in [0, 0.1) is 17.1 Å². The molecule has 0 radical (unpaired) electrons. The van der Waals surface area contributed by atoms with E-state index in [0.717, 1.165) is 0 Å². The Morgan fingerprint density at radius 3 is 2.96 bits per heavy atom. The van der Waals surface area contributed by atoms with Gasteiger partial charge in [-0.2, -0.15) is 5.26 Å². The van der Waals surface area contributed by atoms with Crippen molar-refractivity contribution < 1.29 is 9.13 Å². The van der Waals surface area contributed by atoms with Crippen molar-refractivity contribution in [1.29, 1.82) is 5.26 Å². The average Bonchev–Trinajstić information content (AvgIpc) is 3.28. The SMILES string of the molecule is COC(=S)NCc1cn(-c2ccc(-n3cnc(C#N)c3)c(F)c2)nn1. The van der Waals surface area contributed by atoms with Gasteiger partial charge in [0.2, 0.25) is 0 Å². The maximum Gasteiger partial charge on any atom is 0.256 e. The number of nitrogens with zero attached hydrogens (tertiary/aromatic N) is 6. The Morgan fingerprint density at radius 1 is 1.44 bits per heavy atom. The lowest BCUT2D eigenvalue weighted by Gasteiger charge is -2.06. The van der Waals surface area contributed by atoms with Gasteiger partial charge in [-0.3, -0.25) is 0 Å². The maximum atomic E-state index is 14.4. The molecule has 0 spiro atoms. The summed E-state index contributed by atoms with van der Waals surface area (Å²) in [5.74, 6) is -0.477. The standard InChI is InChI=1S/C15H12FN7OS/c1-24-15(25)18-6-11-8-23(21-20-11)12-2-3-14(13(16)4-12)22-7-10(5-17)19-9-22/h2-4,7-9H,6H2,1H3,(H,18,25). The van der Waals surface area contributed by atoms with Crippen molar-refractivity contribution in [1.82, 2.24) is 29.9 Å². The number of nitrogens with one attached hydrogen (secondary N) is 1. The van der Waals surface area contributed by atoms with Crippen LogP contribution in [0.25, 0.3) is 11.4 Å². The van der Waals surface area contributed by atoms with Crippen LogP contribution < -0.4 is 5.32 Å². The number of hydrogen-bond donors (Lipinski definition) is 1. The summed E-state index contributed by atoms with van der Waals surface area (Å²) in [5.41, 5.74) is 1.63. The molecule has 0 atom stereocenters. The first-order valence-electron chi connectivity index (χ1n) is 7.08. The van der Waals surface area contributed by atoms with Crippen molar-refractivity contribution >= 4 is 17.4 Å². The van der Waals surface area contributed by atoms with Gasteiger partial charge in [-0.05, 0) is 24.4 Å². The molecule has 10 heteroatoms. The van der Waals surface area contributed by atoms with Gasteiger partial charge in [-0.25, -0.2) is 14.1 Å². The van der Waals surface area contributed by atoms with E-state index in [2.05, 4.69) is 20.6 Å². The zero-order chi connectivity index (χ0) is 17.8. The quantitative estimate of drug-likeness (QED) is 0.707. The number of thiocarbonyl (C=S) groups is 1. The van der Waals surface area contributed by atoms with Gasteiger partial charge >= 0.3 is 0 Å². The van der Waals surface area contributed by atoms with Crippen LogP contribution in [0.5, 0.6) is 0 Å². The predicted molar refractivity (Wildman–Crippen MR) is 89.6 cm³/mol. The van der Waals surface area contributed by atoms with Crippen molar-refractivity contribution in [2.75, 3.05) is 7.11 Å². The van der Waals surface area contributed by atoms with Crippen LogP contribution in [0.15, 0.2) is 36.9 Å². The van der Waals surface area contributed by atoms with E-state index in [0.29, 0.717) is 17.9 Å². The first-order valence-corrected chi connectivity index (χ1v) is 7.49. The highest BCUT2D eigenvalue weighted by molar-refractivity contribution is 7.80. The van der Waals surface area contributed by atoms with Crippen molar-refractivity contribution in [3.8, 4) is 17.4 Å². The Labute approximate surface area is 147 Å². The minimum atomic E-state index is -0.477. The van der Waals surface area contributed by atoms with Gasteiger partial charge in [0, 0.05) is 12.3 Å². The zero-order valence-electron chi connectivity index (χ0n) is 13.0. The van der Waals surface area contributed by atoms with Gasteiger partial charge in [0.1, 0.15) is 23.9 Å². The minimum absolute atomic E-state index is 0.214. The molecular formula is C15H12FN7OS. The van der Waals surface area contributed by atoms with Gasteiger partial charge < -0.3 is 14.6 Å². The molecule has 0 fully saturated rings. The predicted octanol–water partition coefficient (Wildman–Crippen LogP) is 1.48. The number of nitriles is 1. The molecule has 2 aromatic heterocycles. The fourth-order valence-corrected chi connectivity index (χ4v) is 2.17. The molecule has 8 nitrogen and oxygen atoms in total. The molecule has 0 saturated heterocycles. The highest BCUT2D eigenvalue weighted by Crippen LogP contribution is 2.18. The highest BCUT2D eigenvalue weighted by Gasteiger charge is 2.10. The van der Waals surface area contributed by atoms with Crippen LogP contribution in [-0.2, 0) is 11.3 Å². The topological polar surface area (TPSA) is 93.6 Å². The summed E-state index contributed by atoms with van der Waals surface area (Å²) >= 11 is 4.88. The van der Waals surface area contributed by atoms with Gasteiger partial charge in [-0.1, -0.05) is 5.21 Å². The van der Waals surface area contributed by atoms with E-state index in [1.54, 1.807) is 18.3 Å². The van der Waals surface area contributed by atoms with Crippen LogP contribution in [-0.4, -0.2) is 36.8 Å². The third-order valence-electron chi connectivity index (χ3n) is 3.31. The molecule has 0 bridgehead atoms. The first-order chi connectivity index (χ1) is 12.1. The lowest BCUT2D eigenvalue weighted by atomic mass is 10.2. The summed E-state index contributed by atoms with van der Waals surface area (Å²) in [4.78, 5) is 3.86. The zero-order valence-corrected chi connectivity index (χ0v) is 13.9. The second-order valence-corrected chi connectivity index (χ2v) is 5.28. The van der Waals surface area contributed by atoms with Gasteiger partial charge in [0.05, 0.1) is 31.2 Å². The van der Waals surface area contributed by atoms with E-state index in [1.807, 2.05) is 6.07 Å². The first kappa shape index (κ1) is 16.5. The smallest absolute Gasteiger partial charge is 0.256 e. The van der Waals surface area contributed by atoms with Gasteiger partial charge in [0.25, 0.3) is 5.17 Å². The molecule has 0 aliphatic carbocycles.